The number of nitrogens with zero attached hydrogens (tertiary/aromatic N) is 1. The van der Waals surface area contributed by atoms with Crippen molar-refractivity contribution in [3.8, 4) is 0 Å². The van der Waals surface area contributed by atoms with Gasteiger partial charge in [0.15, 0.2) is 0 Å². The van der Waals surface area contributed by atoms with Gasteiger partial charge in [0.25, 0.3) is 0 Å². The number of pyridine rings is 1. The van der Waals surface area contributed by atoms with Crippen molar-refractivity contribution < 1.29 is 4.74 Å². The van der Waals surface area contributed by atoms with Crippen molar-refractivity contribution in [2.24, 2.45) is 5.92 Å². The highest BCUT2D eigenvalue weighted by atomic mass is 16.5. The molecular weight excluding hydrogens is 260 g/mol. The van der Waals surface area contributed by atoms with Crippen LogP contribution >= 0.6 is 0 Å². The minimum absolute atomic E-state index is 0.398. The molecule has 0 amide bonds. The number of ether oxygens (including phenoxy) is 1. The molecule has 2 fully saturated rings. The van der Waals surface area contributed by atoms with Gasteiger partial charge in [-0.05, 0) is 49.6 Å². The Hall–Kier alpha value is -1.45. The summed E-state index contributed by atoms with van der Waals surface area (Å²) in [6, 6.07) is 11.2. The van der Waals surface area contributed by atoms with Crippen molar-refractivity contribution >= 4 is 10.9 Å². The molecule has 0 spiro atoms. The van der Waals surface area contributed by atoms with Gasteiger partial charge in [0.05, 0.1) is 17.7 Å². The molecule has 3 nitrogen and oxygen atoms in total. The van der Waals surface area contributed by atoms with Crippen molar-refractivity contribution in [3.05, 3.63) is 42.1 Å². The molecule has 2 aromatic rings. The monoisotopic (exact) mass is 282 g/mol. The second kappa shape index (κ2) is 5.39. The van der Waals surface area contributed by atoms with Crippen LogP contribution in [0.1, 0.15) is 37.8 Å². The summed E-state index contributed by atoms with van der Waals surface area (Å²) in [7, 11) is 0. The second-order valence-electron chi connectivity index (χ2n) is 6.26. The number of aromatic nitrogens is 1. The first-order valence-electron chi connectivity index (χ1n) is 8.08. The fourth-order valence-electron chi connectivity index (χ4n) is 4.05. The van der Waals surface area contributed by atoms with Gasteiger partial charge in [-0.2, -0.15) is 0 Å². The van der Waals surface area contributed by atoms with Gasteiger partial charge in [0.1, 0.15) is 0 Å². The molecular formula is C18H22N2O. The third-order valence-electron chi connectivity index (χ3n) is 4.99. The molecule has 2 bridgehead atoms. The van der Waals surface area contributed by atoms with Crippen LogP contribution in [0.25, 0.3) is 10.9 Å². The van der Waals surface area contributed by atoms with Crippen LogP contribution in [0.5, 0.6) is 0 Å². The first-order valence-corrected chi connectivity index (χ1v) is 8.08. The van der Waals surface area contributed by atoms with E-state index in [1.807, 2.05) is 12.3 Å². The van der Waals surface area contributed by atoms with Gasteiger partial charge in [-0.3, -0.25) is 4.98 Å². The Morgan fingerprint density at radius 3 is 3.05 bits per heavy atom. The van der Waals surface area contributed by atoms with E-state index in [2.05, 4.69) is 41.5 Å². The molecule has 2 aliphatic heterocycles. The van der Waals surface area contributed by atoms with Crippen LogP contribution in [0.3, 0.4) is 0 Å². The number of hydrogen-bond donors (Lipinski definition) is 1. The summed E-state index contributed by atoms with van der Waals surface area (Å²) in [6.07, 6.45) is 6.49. The fraction of sp³-hybridized carbons (Fsp3) is 0.500. The summed E-state index contributed by atoms with van der Waals surface area (Å²) in [5.41, 5.74) is 2.44. The van der Waals surface area contributed by atoms with Gasteiger partial charge in [-0.25, -0.2) is 0 Å². The van der Waals surface area contributed by atoms with Crippen molar-refractivity contribution in [1.29, 1.82) is 0 Å². The Labute approximate surface area is 125 Å². The molecule has 1 aromatic heterocycles. The molecule has 3 heteroatoms. The van der Waals surface area contributed by atoms with E-state index in [9.17, 15) is 0 Å². The maximum absolute atomic E-state index is 6.07. The second-order valence-corrected chi connectivity index (χ2v) is 6.26. The number of fused-ring (bicyclic) bond motifs is 3. The zero-order valence-corrected chi connectivity index (χ0v) is 12.5. The standard InChI is InChI=1S/C18H22N2O/c1-2-19-18(15-11-14-6-8-17(15)21-14)13-5-7-16-12(10-13)4-3-9-20-16/h3-5,7,9-10,14-15,17-19H,2,6,8,11H2,1H3. The Kier molecular flexibility index (Phi) is 3.40. The fourth-order valence-corrected chi connectivity index (χ4v) is 4.05. The van der Waals surface area contributed by atoms with Crippen molar-refractivity contribution in [1.82, 2.24) is 10.3 Å². The van der Waals surface area contributed by atoms with E-state index in [0.717, 1.165) is 12.1 Å². The molecule has 4 atom stereocenters. The molecule has 0 saturated carbocycles. The van der Waals surface area contributed by atoms with E-state index in [4.69, 9.17) is 4.74 Å². The van der Waals surface area contributed by atoms with Crippen LogP contribution in [-0.2, 0) is 4.74 Å². The first kappa shape index (κ1) is 13.2. The minimum Gasteiger partial charge on any atom is -0.375 e. The van der Waals surface area contributed by atoms with Crippen LogP contribution in [0.4, 0.5) is 0 Å². The molecule has 4 rings (SSSR count). The van der Waals surface area contributed by atoms with Crippen molar-refractivity contribution in [2.45, 2.75) is 44.4 Å². The van der Waals surface area contributed by atoms with E-state index in [1.165, 1.54) is 30.2 Å². The lowest BCUT2D eigenvalue weighted by molar-refractivity contribution is 0.0858. The topological polar surface area (TPSA) is 34.2 Å². The number of hydrogen-bond acceptors (Lipinski definition) is 3. The molecule has 0 radical (unpaired) electrons. The highest BCUT2D eigenvalue weighted by molar-refractivity contribution is 5.79. The highest BCUT2D eigenvalue weighted by Crippen LogP contribution is 2.44. The maximum Gasteiger partial charge on any atom is 0.0702 e. The number of nitrogens with one attached hydrogen (secondary N) is 1. The summed E-state index contributed by atoms with van der Waals surface area (Å²) in [6.45, 7) is 3.17. The van der Waals surface area contributed by atoms with E-state index in [-0.39, 0.29) is 0 Å². The van der Waals surface area contributed by atoms with Crippen LogP contribution in [0, 0.1) is 5.92 Å². The van der Waals surface area contributed by atoms with Gasteiger partial charge in [-0.15, -0.1) is 0 Å². The summed E-state index contributed by atoms with van der Waals surface area (Å²) in [5, 5.41) is 4.91. The predicted molar refractivity (Wildman–Crippen MR) is 84.2 cm³/mol. The van der Waals surface area contributed by atoms with E-state index in [0.29, 0.717) is 24.2 Å². The van der Waals surface area contributed by atoms with E-state index in [1.54, 1.807) is 0 Å². The lowest BCUT2D eigenvalue weighted by Crippen LogP contribution is -2.33. The average Bonchev–Trinajstić information content (AvgIpc) is 3.15. The zero-order valence-electron chi connectivity index (χ0n) is 12.5. The smallest absolute Gasteiger partial charge is 0.0702 e. The third kappa shape index (κ3) is 2.34. The van der Waals surface area contributed by atoms with E-state index >= 15 is 0 Å². The maximum atomic E-state index is 6.07. The molecule has 4 unspecified atom stereocenters. The highest BCUT2D eigenvalue weighted by Gasteiger charge is 2.44. The summed E-state index contributed by atoms with van der Waals surface area (Å²) in [4.78, 5) is 4.42. The molecule has 2 saturated heterocycles. The lowest BCUT2D eigenvalue weighted by Gasteiger charge is -2.29. The summed E-state index contributed by atoms with van der Waals surface area (Å²) < 4.78 is 6.07. The normalized spacial score (nSPS) is 29.1. The number of rotatable bonds is 4. The van der Waals surface area contributed by atoms with Gasteiger partial charge < -0.3 is 10.1 Å². The molecule has 1 N–H and O–H groups in total. The molecule has 0 aliphatic carbocycles. The molecule has 1 aromatic carbocycles. The van der Waals surface area contributed by atoms with Crippen LogP contribution in [0.2, 0.25) is 0 Å². The SMILES string of the molecule is CCNC(c1ccc2ncccc2c1)C1CC2CCC1O2. The number of benzene rings is 1. The Bertz CT molecular complexity index is 642. The molecule has 3 heterocycles. The van der Waals surface area contributed by atoms with E-state index < -0.39 is 0 Å². The van der Waals surface area contributed by atoms with Gasteiger partial charge in [-0.1, -0.05) is 19.1 Å². The Balaban J connectivity index is 1.68. The largest absolute Gasteiger partial charge is 0.375 e. The zero-order chi connectivity index (χ0) is 14.2. The van der Waals surface area contributed by atoms with Gasteiger partial charge in [0.2, 0.25) is 0 Å². The summed E-state index contributed by atoms with van der Waals surface area (Å²) in [5.74, 6) is 0.609. The summed E-state index contributed by atoms with van der Waals surface area (Å²) >= 11 is 0. The van der Waals surface area contributed by atoms with Crippen molar-refractivity contribution in [3.63, 3.8) is 0 Å². The predicted octanol–water partition coefficient (Wildman–Crippen LogP) is 3.45. The third-order valence-corrected chi connectivity index (χ3v) is 4.99. The quantitative estimate of drug-likeness (QED) is 0.932. The first-order chi connectivity index (χ1) is 10.3. The van der Waals surface area contributed by atoms with Crippen LogP contribution in [-0.4, -0.2) is 23.7 Å². The molecule has 21 heavy (non-hydrogen) atoms. The lowest BCUT2D eigenvalue weighted by atomic mass is 9.81. The van der Waals surface area contributed by atoms with Crippen LogP contribution in [0.15, 0.2) is 36.5 Å². The average molecular weight is 282 g/mol. The van der Waals surface area contributed by atoms with Crippen molar-refractivity contribution in [2.75, 3.05) is 6.54 Å². The molecule has 2 aliphatic rings. The minimum atomic E-state index is 0.398. The Morgan fingerprint density at radius 1 is 1.33 bits per heavy atom. The van der Waals surface area contributed by atoms with Crippen LogP contribution < -0.4 is 5.32 Å². The Morgan fingerprint density at radius 2 is 2.29 bits per heavy atom. The van der Waals surface area contributed by atoms with Gasteiger partial charge >= 0.3 is 0 Å². The van der Waals surface area contributed by atoms with Gasteiger partial charge in [0, 0.05) is 23.5 Å². The molecule has 110 valence electrons.